The molecular weight excluding hydrogens is 859 g/mol. The molecule has 0 fully saturated rings. The molecule has 0 unspecified atom stereocenters. The largest absolute Gasteiger partial charge is 0.208 e. The van der Waals surface area contributed by atoms with Crippen molar-refractivity contribution >= 4 is 10.8 Å². The predicted molar refractivity (Wildman–Crippen MR) is 293 cm³/mol. The lowest BCUT2D eigenvalue weighted by Gasteiger charge is -2.34. The van der Waals surface area contributed by atoms with Gasteiger partial charge in [-0.3, -0.25) is 0 Å². The van der Waals surface area contributed by atoms with E-state index in [-0.39, 0.29) is 0 Å². The van der Waals surface area contributed by atoms with Gasteiger partial charge in [0, 0.05) is 16.7 Å². The fraction of sp³-hybridized carbons (Fsp3) is 0.0147. The van der Waals surface area contributed by atoms with Crippen molar-refractivity contribution < 1.29 is 0 Å². The second-order valence-corrected chi connectivity index (χ2v) is 18.3. The first kappa shape index (κ1) is 41.8. The molecule has 3 heteroatoms. The minimum absolute atomic E-state index is 0.543. The topological polar surface area (TPSA) is 38.7 Å². The van der Waals surface area contributed by atoms with E-state index in [9.17, 15) is 0 Å². The van der Waals surface area contributed by atoms with Gasteiger partial charge in [-0.05, 0) is 113 Å². The van der Waals surface area contributed by atoms with Crippen LogP contribution in [-0.2, 0) is 5.41 Å². The lowest BCUT2D eigenvalue weighted by molar-refractivity contribution is 0.769. The van der Waals surface area contributed by atoms with E-state index >= 15 is 0 Å². The van der Waals surface area contributed by atoms with Gasteiger partial charge in [0.15, 0.2) is 17.5 Å². The molecule has 0 amide bonds. The summed E-state index contributed by atoms with van der Waals surface area (Å²) >= 11 is 0. The maximum atomic E-state index is 5.16. The normalized spacial score (nSPS) is 12.3. The smallest absolute Gasteiger partial charge is 0.164 e. The summed E-state index contributed by atoms with van der Waals surface area (Å²) < 4.78 is 0. The van der Waals surface area contributed by atoms with E-state index in [1.165, 1.54) is 66.4 Å². The number of benzene rings is 11. The second kappa shape index (κ2) is 17.6. The zero-order valence-corrected chi connectivity index (χ0v) is 38.8. The summed E-state index contributed by atoms with van der Waals surface area (Å²) in [6, 6.07) is 98.3. The zero-order chi connectivity index (χ0) is 47.1. The first-order chi connectivity index (χ1) is 35.2. The van der Waals surface area contributed by atoms with Crippen LogP contribution in [0.4, 0.5) is 0 Å². The van der Waals surface area contributed by atoms with Crippen LogP contribution in [-0.4, -0.2) is 15.0 Å². The minimum atomic E-state index is -0.543. The molecule has 0 saturated carbocycles. The van der Waals surface area contributed by atoms with E-state index in [1.54, 1.807) is 0 Å². The fourth-order valence-electron chi connectivity index (χ4n) is 10.9. The monoisotopic (exact) mass is 903 g/mol. The van der Waals surface area contributed by atoms with Gasteiger partial charge < -0.3 is 0 Å². The number of fused-ring (bicyclic) bond motifs is 4. The van der Waals surface area contributed by atoms with Gasteiger partial charge in [0.2, 0.25) is 0 Å². The molecule has 71 heavy (non-hydrogen) atoms. The highest BCUT2D eigenvalue weighted by molar-refractivity contribution is 6.03. The molecule has 1 aliphatic rings. The maximum Gasteiger partial charge on any atom is 0.164 e. The summed E-state index contributed by atoms with van der Waals surface area (Å²) in [5.41, 5.74) is 19.0. The van der Waals surface area contributed by atoms with E-state index in [1.807, 2.05) is 24.3 Å². The summed E-state index contributed by atoms with van der Waals surface area (Å²) in [6.07, 6.45) is 0. The van der Waals surface area contributed by atoms with E-state index in [0.717, 1.165) is 38.9 Å². The zero-order valence-electron chi connectivity index (χ0n) is 38.8. The summed E-state index contributed by atoms with van der Waals surface area (Å²) in [5, 5.41) is 2.44. The molecule has 3 nitrogen and oxygen atoms in total. The molecule has 0 bridgehead atoms. The number of nitrogens with zero attached hydrogens (tertiary/aromatic N) is 3. The highest BCUT2D eigenvalue weighted by Gasteiger charge is 2.46. The van der Waals surface area contributed by atoms with Gasteiger partial charge in [0.05, 0.1) is 5.41 Å². The number of hydrogen-bond acceptors (Lipinski definition) is 3. The highest BCUT2D eigenvalue weighted by atomic mass is 15.0. The highest BCUT2D eigenvalue weighted by Crippen LogP contribution is 2.58. The van der Waals surface area contributed by atoms with Crippen LogP contribution in [0.15, 0.2) is 273 Å². The van der Waals surface area contributed by atoms with Gasteiger partial charge in [0.1, 0.15) is 0 Å². The Bertz CT molecular complexity index is 3860. The van der Waals surface area contributed by atoms with Crippen LogP contribution < -0.4 is 0 Å². The van der Waals surface area contributed by atoms with Crippen LogP contribution in [0.1, 0.15) is 22.3 Å². The molecule has 12 aromatic rings. The molecular formula is C68H45N3. The third kappa shape index (κ3) is 7.35. The molecule has 0 atom stereocenters. The molecule has 11 aromatic carbocycles. The molecule has 0 radical (unpaired) electrons. The summed E-state index contributed by atoms with van der Waals surface area (Å²) in [7, 11) is 0. The molecule has 1 heterocycles. The molecule has 0 N–H and O–H groups in total. The van der Waals surface area contributed by atoms with Crippen molar-refractivity contribution in [2.45, 2.75) is 5.41 Å². The number of aromatic nitrogens is 3. The van der Waals surface area contributed by atoms with Crippen molar-refractivity contribution in [3.8, 4) is 89.8 Å². The fourth-order valence-corrected chi connectivity index (χ4v) is 10.9. The lowest BCUT2D eigenvalue weighted by Crippen LogP contribution is -2.28. The van der Waals surface area contributed by atoms with Gasteiger partial charge >= 0.3 is 0 Å². The van der Waals surface area contributed by atoms with Crippen LogP contribution in [0.5, 0.6) is 0 Å². The Hall–Kier alpha value is -9.31. The van der Waals surface area contributed by atoms with Gasteiger partial charge in [-0.15, -0.1) is 0 Å². The van der Waals surface area contributed by atoms with Crippen molar-refractivity contribution in [3.05, 3.63) is 295 Å². The Balaban J connectivity index is 0.979. The van der Waals surface area contributed by atoms with Crippen molar-refractivity contribution in [3.63, 3.8) is 0 Å². The first-order valence-electron chi connectivity index (χ1n) is 24.3. The Morgan fingerprint density at radius 3 is 1.34 bits per heavy atom. The average molecular weight is 904 g/mol. The molecule has 332 valence electrons. The van der Waals surface area contributed by atoms with E-state index in [4.69, 9.17) is 15.0 Å². The molecule has 0 aliphatic heterocycles. The van der Waals surface area contributed by atoms with Crippen molar-refractivity contribution in [2.75, 3.05) is 0 Å². The predicted octanol–water partition coefficient (Wildman–Crippen LogP) is 17.1. The molecule has 1 aromatic heterocycles. The Labute approximate surface area is 414 Å². The lowest BCUT2D eigenvalue weighted by atomic mass is 9.67. The number of rotatable bonds is 9. The average Bonchev–Trinajstić information content (AvgIpc) is 3.76. The van der Waals surface area contributed by atoms with Crippen LogP contribution >= 0.6 is 0 Å². The summed E-state index contributed by atoms with van der Waals surface area (Å²) in [6.45, 7) is 0. The van der Waals surface area contributed by atoms with Crippen LogP contribution in [0.3, 0.4) is 0 Å². The Morgan fingerprint density at radius 1 is 0.225 bits per heavy atom. The number of hydrogen-bond donors (Lipinski definition) is 0. The first-order valence-corrected chi connectivity index (χ1v) is 24.3. The Kier molecular flexibility index (Phi) is 10.4. The van der Waals surface area contributed by atoms with Gasteiger partial charge in [-0.2, -0.15) is 0 Å². The van der Waals surface area contributed by atoms with Gasteiger partial charge in [-0.1, -0.05) is 249 Å². The molecule has 0 spiro atoms. The third-order valence-corrected chi connectivity index (χ3v) is 14.2. The summed E-state index contributed by atoms with van der Waals surface area (Å²) in [4.78, 5) is 15.3. The SMILES string of the molecule is c1ccc(-c2ccc(-c3nc(-c4ccccc4)nc(-c4cccc(-c5cccc(-c6cc7c(cc6-c6cccc8ccccc68)-c6ccccc6C7(c6ccccc6)c6ccccc6)c5)c4)n3)cc2)cc1. The van der Waals surface area contributed by atoms with Crippen LogP contribution in [0.25, 0.3) is 101 Å². The molecule has 1 aliphatic carbocycles. The maximum absolute atomic E-state index is 5.16. The third-order valence-electron chi connectivity index (χ3n) is 14.2. The Morgan fingerprint density at radius 2 is 0.662 bits per heavy atom. The van der Waals surface area contributed by atoms with Crippen LogP contribution in [0.2, 0.25) is 0 Å². The van der Waals surface area contributed by atoms with E-state index < -0.39 is 5.41 Å². The van der Waals surface area contributed by atoms with Crippen molar-refractivity contribution in [2.24, 2.45) is 0 Å². The van der Waals surface area contributed by atoms with E-state index in [0.29, 0.717) is 17.5 Å². The van der Waals surface area contributed by atoms with Gasteiger partial charge in [-0.25, -0.2) is 15.0 Å². The van der Waals surface area contributed by atoms with Gasteiger partial charge in [0.25, 0.3) is 0 Å². The van der Waals surface area contributed by atoms with Crippen molar-refractivity contribution in [1.82, 2.24) is 15.0 Å². The molecule has 13 rings (SSSR count). The summed E-state index contributed by atoms with van der Waals surface area (Å²) in [5.74, 6) is 1.88. The molecule has 0 saturated heterocycles. The van der Waals surface area contributed by atoms with Crippen molar-refractivity contribution in [1.29, 1.82) is 0 Å². The standard InChI is InChI=1S/C68H45N3/c1-5-20-46(21-6-1)47-38-40-50(41-39-47)66-69-65(49-23-7-2-8-24-49)70-67(71-66)54-29-18-27-52(43-54)51-26-17-28-53(42-51)60-45-64-62(44-61(60)58-36-19-25-48-22-13-14-34-57(48)58)59-35-15-16-37-63(59)68(64,55-30-9-3-10-31-55)56-32-11-4-12-33-56/h1-45H. The quantitative estimate of drug-likeness (QED) is 0.145. The van der Waals surface area contributed by atoms with E-state index in [2.05, 4.69) is 249 Å². The van der Waals surface area contributed by atoms with Crippen LogP contribution in [0, 0.1) is 0 Å². The minimum Gasteiger partial charge on any atom is -0.208 e. The second-order valence-electron chi connectivity index (χ2n) is 18.3.